The Morgan fingerprint density at radius 1 is 1.06 bits per heavy atom. The van der Waals surface area contributed by atoms with Gasteiger partial charge in [0.15, 0.2) is 0 Å². The summed E-state index contributed by atoms with van der Waals surface area (Å²) in [5.74, 6) is -0.0454. The average molecular weight is 527 g/mol. The van der Waals surface area contributed by atoms with Gasteiger partial charge in [0.25, 0.3) is 5.56 Å². The first-order chi connectivity index (χ1) is 17.3. The van der Waals surface area contributed by atoms with E-state index in [1.807, 2.05) is 39.7 Å². The number of alkyl halides is 1. The number of fused-ring (bicyclic) bond motifs is 2. The lowest BCUT2D eigenvalue weighted by Crippen LogP contribution is -2.14. The van der Waals surface area contributed by atoms with E-state index in [1.54, 1.807) is 31.3 Å². The second kappa shape index (κ2) is 9.48. The topological polar surface area (TPSA) is 88.9 Å². The molecule has 0 saturated carbocycles. The fourth-order valence-corrected chi connectivity index (χ4v) is 5.29. The van der Waals surface area contributed by atoms with Crippen molar-refractivity contribution in [2.45, 2.75) is 20.0 Å². The summed E-state index contributed by atoms with van der Waals surface area (Å²) < 4.78 is 45.0. The van der Waals surface area contributed by atoms with E-state index in [0.29, 0.717) is 30.2 Å². The van der Waals surface area contributed by atoms with Crippen molar-refractivity contribution in [3.05, 3.63) is 88.9 Å². The number of sulfonamides is 1. The van der Waals surface area contributed by atoms with Crippen molar-refractivity contribution >= 4 is 49.1 Å². The lowest BCUT2D eigenvalue weighted by atomic mass is 10.0. The summed E-state index contributed by atoms with van der Waals surface area (Å²) >= 11 is 5.99. The molecule has 0 unspecified atom stereocenters. The Labute approximate surface area is 212 Å². The Hall–Kier alpha value is -3.56. The van der Waals surface area contributed by atoms with E-state index < -0.39 is 10.0 Å². The third-order valence-corrected chi connectivity index (χ3v) is 7.69. The summed E-state index contributed by atoms with van der Waals surface area (Å²) in [5, 5.41) is 1.48. The van der Waals surface area contributed by atoms with Gasteiger partial charge in [-0.25, -0.2) is 12.8 Å². The van der Waals surface area contributed by atoms with Crippen LogP contribution in [0.1, 0.15) is 12.5 Å². The quantitative estimate of drug-likeness (QED) is 0.274. The van der Waals surface area contributed by atoms with Gasteiger partial charge in [0.1, 0.15) is 11.3 Å². The number of aromatic amines is 1. The number of nitrogens with zero attached hydrogens (tertiary/aromatic N) is 2. The maximum atomic E-state index is 13.4. The number of anilines is 1. The zero-order valence-electron chi connectivity index (χ0n) is 19.5. The first kappa shape index (κ1) is 24.1. The van der Waals surface area contributed by atoms with E-state index >= 15 is 0 Å². The first-order valence-electron chi connectivity index (χ1n) is 11.4. The molecule has 10 heteroatoms. The van der Waals surface area contributed by atoms with Crippen molar-refractivity contribution in [2.75, 3.05) is 16.4 Å². The molecule has 0 fully saturated rings. The van der Waals surface area contributed by atoms with Crippen LogP contribution in [0.5, 0.6) is 0 Å². The molecule has 0 amide bonds. The third-order valence-electron chi connectivity index (χ3n) is 6.23. The van der Waals surface area contributed by atoms with Crippen LogP contribution in [-0.2, 0) is 23.1 Å². The predicted octanol–water partition coefficient (Wildman–Crippen LogP) is 5.14. The van der Waals surface area contributed by atoms with Crippen LogP contribution in [0.3, 0.4) is 0 Å². The summed E-state index contributed by atoms with van der Waals surface area (Å²) in [7, 11) is -3.55. The Balaban J connectivity index is 1.73. The number of hydrogen-bond acceptors (Lipinski definition) is 3. The second-order valence-corrected chi connectivity index (χ2v) is 10.9. The van der Waals surface area contributed by atoms with Gasteiger partial charge in [-0.3, -0.25) is 9.52 Å². The van der Waals surface area contributed by atoms with Crippen LogP contribution >= 0.6 is 11.6 Å². The zero-order chi connectivity index (χ0) is 25.4. The molecule has 0 bridgehead atoms. The van der Waals surface area contributed by atoms with E-state index in [-0.39, 0.29) is 17.1 Å². The minimum atomic E-state index is -3.55. The van der Waals surface area contributed by atoms with E-state index in [1.165, 1.54) is 12.1 Å². The lowest BCUT2D eigenvalue weighted by Gasteiger charge is -2.12. The Kier molecular flexibility index (Phi) is 6.36. The van der Waals surface area contributed by atoms with Gasteiger partial charge in [-0.05, 0) is 54.4 Å². The zero-order valence-corrected chi connectivity index (χ0v) is 21.0. The fourth-order valence-electron chi connectivity index (χ4n) is 4.46. The summed E-state index contributed by atoms with van der Waals surface area (Å²) in [5.41, 5.74) is 3.97. The van der Waals surface area contributed by atoms with Gasteiger partial charge in [0.05, 0.1) is 17.0 Å². The van der Waals surface area contributed by atoms with Crippen molar-refractivity contribution in [3.8, 4) is 11.1 Å². The number of H-pyrrole nitrogens is 1. The van der Waals surface area contributed by atoms with Crippen molar-refractivity contribution in [1.29, 1.82) is 0 Å². The number of aromatic nitrogens is 3. The molecule has 186 valence electrons. The molecule has 7 nitrogen and oxygen atoms in total. The van der Waals surface area contributed by atoms with Crippen LogP contribution in [-0.4, -0.2) is 34.2 Å². The van der Waals surface area contributed by atoms with Crippen molar-refractivity contribution < 1.29 is 12.8 Å². The first-order valence-corrected chi connectivity index (χ1v) is 13.6. The molecule has 2 N–H and O–H groups in total. The van der Waals surface area contributed by atoms with Crippen LogP contribution in [0, 0.1) is 5.82 Å². The van der Waals surface area contributed by atoms with Gasteiger partial charge in [0, 0.05) is 53.9 Å². The molecule has 2 aromatic carbocycles. The summed E-state index contributed by atoms with van der Waals surface area (Å²) in [6, 6.07) is 13.7. The predicted molar refractivity (Wildman–Crippen MR) is 143 cm³/mol. The number of pyridine rings is 1. The van der Waals surface area contributed by atoms with Crippen LogP contribution in [0.2, 0.25) is 0 Å². The number of hydrogen-bond donors (Lipinski definition) is 2. The average Bonchev–Trinajstić information content (AvgIpc) is 3.43. The molecule has 0 radical (unpaired) electrons. The molecular formula is C26H24ClFN4O3S. The fraction of sp³-hybridized carbons (Fsp3) is 0.192. The van der Waals surface area contributed by atoms with E-state index in [9.17, 15) is 17.6 Å². The smallest absolute Gasteiger partial charge is 0.272 e. The van der Waals surface area contributed by atoms with E-state index in [4.69, 9.17) is 11.6 Å². The van der Waals surface area contributed by atoms with Gasteiger partial charge in [-0.15, -0.1) is 11.6 Å². The van der Waals surface area contributed by atoms with Crippen LogP contribution in [0.25, 0.3) is 32.9 Å². The van der Waals surface area contributed by atoms with E-state index in [2.05, 4.69) is 9.71 Å². The molecule has 3 heterocycles. The van der Waals surface area contributed by atoms with Gasteiger partial charge in [-0.1, -0.05) is 12.1 Å². The lowest BCUT2D eigenvalue weighted by molar-refractivity contribution is 0.602. The molecule has 0 atom stereocenters. The standard InChI is InChI=1S/C26H24ClFN4O3S/c1-2-36(34,35)30-23-13-18(22-16-32(12-9-27)25-20(22)7-10-29-26(25)33)14-24-21(23)8-11-31(24)15-17-3-5-19(28)6-4-17/h3-8,10-11,13-14,16,30H,2,9,12,15H2,1H3,(H,29,33). The summed E-state index contributed by atoms with van der Waals surface area (Å²) in [6.07, 6.45) is 5.34. The monoisotopic (exact) mass is 526 g/mol. The summed E-state index contributed by atoms with van der Waals surface area (Å²) in [6.45, 7) is 2.50. The molecule has 5 rings (SSSR count). The molecule has 0 saturated heterocycles. The van der Waals surface area contributed by atoms with Gasteiger partial charge >= 0.3 is 0 Å². The second-order valence-electron chi connectivity index (χ2n) is 8.53. The molecular weight excluding hydrogens is 503 g/mol. The third kappa shape index (κ3) is 4.52. The number of rotatable bonds is 8. The van der Waals surface area contributed by atoms with Crippen LogP contribution in [0.4, 0.5) is 10.1 Å². The van der Waals surface area contributed by atoms with Crippen molar-refractivity contribution in [3.63, 3.8) is 0 Å². The molecule has 0 aliphatic carbocycles. The molecule has 3 aromatic heterocycles. The Morgan fingerprint density at radius 2 is 1.83 bits per heavy atom. The molecule has 0 aliphatic heterocycles. The summed E-state index contributed by atoms with van der Waals surface area (Å²) in [4.78, 5) is 15.3. The Bertz CT molecular complexity index is 1740. The highest BCUT2D eigenvalue weighted by atomic mass is 35.5. The number of benzene rings is 2. The van der Waals surface area contributed by atoms with Gasteiger partial charge < -0.3 is 14.1 Å². The Morgan fingerprint density at radius 3 is 2.56 bits per heavy atom. The maximum Gasteiger partial charge on any atom is 0.272 e. The minimum absolute atomic E-state index is 0.0700. The largest absolute Gasteiger partial charge is 0.343 e. The van der Waals surface area contributed by atoms with Crippen LogP contribution < -0.4 is 10.3 Å². The SMILES string of the molecule is CCS(=O)(=O)Nc1cc(-c2cn(CCCl)c3c(=O)[nH]ccc23)cc2c1ccn2Cc1ccc(F)cc1. The molecule has 0 aliphatic rings. The highest BCUT2D eigenvalue weighted by molar-refractivity contribution is 7.92. The highest BCUT2D eigenvalue weighted by Gasteiger charge is 2.18. The van der Waals surface area contributed by atoms with Gasteiger partial charge in [0.2, 0.25) is 10.0 Å². The highest BCUT2D eigenvalue weighted by Crippen LogP contribution is 2.36. The van der Waals surface area contributed by atoms with Crippen molar-refractivity contribution in [1.82, 2.24) is 14.1 Å². The van der Waals surface area contributed by atoms with Gasteiger partial charge in [-0.2, -0.15) is 0 Å². The molecule has 5 aromatic rings. The number of halogens is 2. The van der Waals surface area contributed by atoms with Crippen molar-refractivity contribution in [2.24, 2.45) is 0 Å². The minimum Gasteiger partial charge on any atom is -0.343 e. The normalized spacial score (nSPS) is 12.0. The molecule has 36 heavy (non-hydrogen) atoms. The number of nitrogens with one attached hydrogen (secondary N) is 2. The van der Waals surface area contributed by atoms with Crippen LogP contribution in [0.15, 0.2) is 71.9 Å². The maximum absolute atomic E-state index is 13.4. The number of aryl methyl sites for hydroxylation is 1. The molecule has 0 spiro atoms. The van der Waals surface area contributed by atoms with E-state index in [0.717, 1.165) is 33.0 Å².